The molecule has 0 spiro atoms. The monoisotopic (exact) mass is 592 g/mol. The Morgan fingerprint density at radius 2 is 0.864 bits per heavy atom. The fourth-order valence-electron chi connectivity index (χ4n) is 6.01. The van der Waals surface area contributed by atoms with E-state index in [1.165, 1.54) is 0 Å². The van der Waals surface area contributed by atoms with Gasteiger partial charge in [0.1, 0.15) is 12.2 Å². The third-order valence-corrected chi connectivity index (χ3v) is 8.62. The second-order valence-electron chi connectivity index (χ2n) is 12.2. The number of carbonyl (C=O) groups is 1. The largest absolute Gasteiger partial charge is 0.388 e. The van der Waals surface area contributed by atoms with Crippen LogP contribution in [0.3, 0.4) is 0 Å². The van der Waals surface area contributed by atoms with Gasteiger partial charge in [0, 0.05) is 52.7 Å². The molecule has 2 amide bonds. The molecule has 7 heteroatoms. The molecule has 0 bridgehead atoms. The molecule has 2 N–H and O–H groups in total. The van der Waals surface area contributed by atoms with Gasteiger partial charge in [-0.2, -0.15) is 0 Å². The normalized spacial score (nSPS) is 20.4. The van der Waals surface area contributed by atoms with Crippen LogP contribution in [0.15, 0.2) is 109 Å². The summed E-state index contributed by atoms with van der Waals surface area (Å²) in [7, 11) is 7.98. The standard InChI is InChI=1S/C37H44N4O3/c1-38(2)31-19-15-27(16-20-31)23-33-35(42)36(43)34(24-28-17-21-32(22-18-28)39(3)4)41(26-30-13-9-6-10-14-30)37(44)40(33)25-29-11-7-5-8-12-29/h5-22,33-36,42-43H,23-26H2,1-4H3/t33-,34-,35+,36+/m1/s1. The fraction of sp³-hybridized carbons (Fsp3) is 0.324. The summed E-state index contributed by atoms with van der Waals surface area (Å²) in [5.74, 6) is 0. The van der Waals surface area contributed by atoms with Gasteiger partial charge in [0.05, 0.1) is 12.1 Å². The number of nitrogens with zero attached hydrogens (tertiary/aromatic N) is 4. The number of hydrogen-bond acceptors (Lipinski definition) is 5. The zero-order chi connectivity index (χ0) is 31.2. The van der Waals surface area contributed by atoms with Crippen molar-refractivity contribution in [3.63, 3.8) is 0 Å². The van der Waals surface area contributed by atoms with Crippen molar-refractivity contribution in [3.8, 4) is 0 Å². The van der Waals surface area contributed by atoms with E-state index in [0.717, 1.165) is 33.6 Å². The molecule has 0 aliphatic carbocycles. The predicted octanol–water partition coefficient (Wildman–Crippen LogP) is 5.20. The molecular formula is C37H44N4O3. The molecule has 0 aromatic heterocycles. The predicted molar refractivity (Wildman–Crippen MR) is 178 cm³/mol. The van der Waals surface area contributed by atoms with Gasteiger partial charge in [-0.25, -0.2) is 4.79 Å². The van der Waals surface area contributed by atoms with Crippen LogP contribution in [0.1, 0.15) is 22.3 Å². The lowest BCUT2D eigenvalue weighted by molar-refractivity contribution is -0.0408. The van der Waals surface area contributed by atoms with Gasteiger partial charge >= 0.3 is 6.03 Å². The van der Waals surface area contributed by atoms with Crippen LogP contribution in [0.2, 0.25) is 0 Å². The summed E-state index contributed by atoms with van der Waals surface area (Å²) in [6.07, 6.45) is -1.51. The number of aliphatic hydroxyl groups is 2. The van der Waals surface area contributed by atoms with Gasteiger partial charge in [0.2, 0.25) is 0 Å². The average molecular weight is 593 g/mol. The van der Waals surface area contributed by atoms with Crippen LogP contribution < -0.4 is 9.80 Å². The summed E-state index contributed by atoms with van der Waals surface area (Å²) < 4.78 is 0. The molecule has 1 aliphatic heterocycles. The first-order valence-electron chi connectivity index (χ1n) is 15.2. The number of amides is 2. The summed E-state index contributed by atoms with van der Waals surface area (Å²) in [6, 6.07) is 34.6. The highest BCUT2D eigenvalue weighted by atomic mass is 16.3. The maximum Gasteiger partial charge on any atom is 0.321 e. The summed E-state index contributed by atoms with van der Waals surface area (Å²) in [5, 5.41) is 23.9. The van der Waals surface area contributed by atoms with Gasteiger partial charge < -0.3 is 29.8 Å². The second kappa shape index (κ2) is 14.0. The quantitative estimate of drug-likeness (QED) is 0.265. The molecule has 1 aliphatic rings. The minimum Gasteiger partial charge on any atom is -0.388 e. The minimum absolute atomic E-state index is 0.196. The van der Waals surface area contributed by atoms with Crippen LogP contribution in [0.5, 0.6) is 0 Å². The molecule has 1 heterocycles. The Kier molecular flexibility index (Phi) is 9.88. The first kappa shape index (κ1) is 31.1. The minimum atomic E-state index is -1.16. The molecule has 1 saturated heterocycles. The van der Waals surface area contributed by atoms with Crippen LogP contribution >= 0.6 is 0 Å². The van der Waals surface area contributed by atoms with E-state index in [0.29, 0.717) is 25.9 Å². The Balaban J connectivity index is 1.55. The van der Waals surface area contributed by atoms with E-state index < -0.39 is 24.3 Å². The fourth-order valence-corrected chi connectivity index (χ4v) is 6.01. The van der Waals surface area contributed by atoms with Gasteiger partial charge in [0.25, 0.3) is 0 Å². The molecule has 4 atom stereocenters. The van der Waals surface area contributed by atoms with Crippen LogP contribution in [-0.2, 0) is 25.9 Å². The summed E-state index contributed by atoms with van der Waals surface area (Å²) in [6.45, 7) is 0.638. The lowest BCUT2D eigenvalue weighted by Crippen LogP contribution is -2.50. The van der Waals surface area contributed by atoms with Crippen molar-refractivity contribution in [3.05, 3.63) is 131 Å². The molecular weight excluding hydrogens is 548 g/mol. The van der Waals surface area contributed by atoms with E-state index in [4.69, 9.17) is 0 Å². The van der Waals surface area contributed by atoms with Crippen LogP contribution in [0.25, 0.3) is 0 Å². The molecule has 1 fully saturated rings. The van der Waals surface area contributed by atoms with Crippen molar-refractivity contribution in [2.75, 3.05) is 38.0 Å². The van der Waals surface area contributed by atoms with Crippen molar-refractivity contribution in [1.29, 1.82) is 0 Å². The molecule has 0 saturated carbocycles. The molecule has 44 heavy (non-hydrogen) atoms. The number of rotatable bonds is 10. The van der Waals surface area contributed by atoms with E-state index in [1.807, 2.05) is 147 Å². The Labute approximate surface area is 261 Å². The summed E-state index contributed by atoms with van der Waals surface area (Å²) in [4.78, 5) is 22.4. The van der Waals surface area contributed by atoms with Crippen molar-refractivity contribution in [2.24, 2.45) is 0 Å². The Morgan fingerprint density at radius 3 is 1.18 bits per heavy atom. The number of hydrogen-bond donors (Lipinski definition) is 2. The van der Waals surface area contributed by atoms with E-state index in [1.54, 1.807) is 9.80 Å². The molecule has 0 unspecified atom stereocenters. The molecule has 5 rings (SSSR count). The SMILES string of the molecule is CN(C)c1ccc(C[C@@H]2[C@H](O)[C@@H](O)[C@@H](Cc3ccc(N(C)C)cc3)N(Cc3ccccc3)C(=O)N2Cc2ccccc2)cc1. The van der Waals surface area contributed by atoms with Crippen molar-refractivity contribution in [1.82, 2.24) is 9.80 Å². The Bertz CT molecular complexity index is 1360. The molecule has 4 aromatic rings. The van der Waals surface area contributed by atoms with Gasteiger partial charge in [-0.05, 0) is 59.4 Å². The second-order valence-corrected chi connectivity index (χ2v) is 12.2. The van der Waals surface area contributed by atoms with Crippen molar-refractivity contribution in [2.45, 2.75) is 50.2 Å². The lowest BCUT2D eigenvalue weighted by atomic mass is 9.90. The van der Waals surface area contributed by atoms with Gasteiger partial charge in [-0.1, -0.05) is 84.9 Å². The van der Waals surface area contributed by atoms with Gasteiger partial charge in [-0.15, -0.1) is 0 Å². The summed E-state index contributed by atoms with van der Waals surface area (Å²) in [5.41, 5.74) is 6.06. The first-order chi connectivity index (χ1) is 21.2. The van der Waals surface area contributed by atoms with E-state index >= 15 is 0 Å². The average Bonchev–Trinajstić information content (AvgIpc) is 3.09. The third-order valence-electron chi connectivity index (χ3n) is 8.62. The number of anilines is 2. The number of benzene rings is 4. The smallest absolute Gasteiger partial charge is 0.321 e. The van der Waals surface area contributed by atoms with E-state index in [9.17, 15) is 15.0 Å². The topological polar surface area (TPSA) is 70.5 Å². The maximum absolute atomic E-state index is 14.7. The van der Waals surface area contributed by atoms with Crippen LogP contribution in [-0.4, -0.2) is 78.5 Å². The number of aliphatic hydroxyl groups excluding tert-OH is 2. The molecule has 230 valence electrons. The zero-order valence-electron chi connectivity index (χ0n) is 26.1. The van der Waals surface area contributed by atoms with Crippen LogP contribution in [0, 0.1) is 0 Å². The molecule has 0 radical (unpaired) electrons. The highest BCUT2D eigenvalue weighted by Crippen LogP contribution is 2.30. The number of carbonyl (C=O) groups excluding carboxylic acids is 1. The number of urea groups is 1. The van der Waals surface area contributed by atoms with Gasteiger partial charge in [-0.3, -0.25) is 0 Å². The zero-order valence-corrected chi connectivity index (χ0v) is 26.1. The summed E-state index contributed by atoms with van der Waals surface area (Å²) >= 11 is 0. The molecule has 7 nitrogen and oxygen atoms in total. The highest BCUT2D eigenvalue weighted by molar-refractivity contribution is 5.76. The first-order valence-corrected chi connectivity index (χ1v) is 15.2. The lowest BCUT2D eigenvalue weighted by Gasteiger charge is -2.36. The molecule has 4 aromatic carbocycles. The third kappa shape index (κ3) is 7.24. The van der Waals surface area contributed by atoms with E-state index in [-0.39, 0.29) is 6.03 Å². The Hall–Kier alpha value is -4.33. The van der Waals surface area contributed by atoms with Crippen LogP contribution in [0.4, 0.5) is 16.2 Å². The van der Waals surface area contributed by atoms with Crippen molar-refractivity contribution >= 4 is 17.4 Å². The Morgan fingerprint density at radius 1 is 0.523 bits per heavy atom. The maximum atomic E-state index is 14.7. The van der Waals surface area contributed by atoms with Crippen molar-refractivity contribution < 1.29 is 15.0 Å². The van der Waals surface area contributed by atoms with Gasteiger partial charge in [0.15, 0.2) is 0 Å². The highest BCUT2D eigenvalue weighted by Gasteiger charge is 2.46. The van der Waals surface area contributed by atoms with E-state index in [2.05, 4.69) is 0 Å².